The maximum atomic E-state index is 12.9. The molecule has 5 heteroatoms. The molecule has 13 heavy (non-hydrogen) atoms. The smallest absolute Gasteiger partial charge is 0.211 e. The molecule has 0 saturated heterocycles. The van der Waals surface area contributed by atoms with Crippen molar-refractivity contribution >= 4 is 22.0 Å². The van der Waals surface area contributed by atoms with E-state index in [1.54, 1.807) is 0 Å². The lowest BCUT2D eigenvalue weighted by Gasteiger charge is -2.00. The van der Waals surface area contributed by atoms with Crippen LogP contribution in [0.25, 0.3) is 0 Å². The summed E-state index contributed by atoms with van der Waals surface area (Å²) in [5.41, 5.74) is 0.150. The fraction of sp³-hybridized carbons (Fsp3) is 0.125. The molecule has 0 spiro atoms. The largest absolute Gasteiger partial charge is 0.235 e. The summed E-state index contributed by atoms with van der Waals surface area (Å²) in [4.78, 5) is 12.9. The Morgan fingerprint density at radius 2 is 2.08 bits per heavy atom. The Bertz CT molecular complexity index is 375. The van der Waals surface area contributed by atoms with E-state index in [1.165, 1.54) is 12.1 Å². The summed E-state index contributed by atoms with van der Waals surface area (Å²) in [6, 6.07) is 1.98. The Morgan fingerprint density at radius 3 is 2.69 bits per heavy atom. The van der Waals surface area contributed by atoms with E-state index in [0.717, 1.165) is 6.07 Å². The lowest BCUT2D eigenvalue weighted by molar-refractivity contribution is 0.559. The molecule has 0 aromatic heterocycles. The molecule has 0 heterocycles. The minimum absolute atomic E-state index is 0.131. The molecule has 0 atom stereocenters. The van der Waals surface area contributed by atoms with Gasteiger partial charge in [-0.25, -0.2) is 18.6 Å². The van der Waals surface area contributed by atoms with Gasteiger partial charge in [-0.05, 0) is 22.0 Å². The maximum Gasteiger partial charge on any atom is 0.235 e. The zero-order chi connectivity index (χ0) is 9.84. The third-order valence-electron chi connectivity index (χ3n) is 1.40. The van der Waals surface area contributed by atoms with Crippen LogP contribution in [-0.2, 0) is 11.3 Å². The molecule has 0 aliphatic rings. The molecule has 0 aliphatic heterocycles. The van der Waals surface area contributed by atoms with E-state index in [9.17, 15) is 13.6 Å². The number of benzene rings is 1. The van der Waals surface area contributed by atoms with Crippen LogP contribution in [0.4, 0.5) is 8.78 Å². The molecule has 0 N–H and O–H groups in total. The fourth-order valence-corrected chi connectivity index (χ4v) is 1.19. The molecule has 2 nitrogen and oxygen atoms in total. The van der Waals surface area contributed by atoms with E-state index in [4.69, 9.17) is 0 Å². The first-order valence-corrected chi connectivity index (χ1v) is 4.11. The van der Waals surface area contributed by atoms with Crippen LogP contribution in [0.5, 0.6) is 0 Å². The van der Waals surface area contributed by atoms with Crippen LogP contribution in [0.1, 0.15) is 5.56 Å². The minimum Gasteiger partial charge on any atom is -0.211 e. The highest BCUT2D eigenvalue weighted by Crippen LogP contribution is 2.20. The first-order chi connectivity index (χ1) is 6.15. The molecular formula is C8H4BrF2NO. The van der Waals surface area contributed by atoms with Gasteiger partial charge in [-0.3, -0.25) is 0 Å². The van der Waals surface area contributed by atoms with Crippen LogP contribution < -0.4 is 0 Å². The highest BCUT2D eigenvalue weighted by molar-refractivity contribution is 9.10. The van der Waals surface area contributed by atoms with Gasteiger partial charge in [-0.1, -0.05) is 0 Å². The molecule has 0 unspecified atom stereocenters. The average Bonchev–Trinajstić information content (AvgIpc) is 2.09. The van der Waals surface area contributed by atoms with Gasteiger partial charge in [0.1, 0.15) is 11.6 Å². The van der Waals surface area contributed by atoms with Gasteiger partial charge in [0.25, 0.3) is 0 Å². The first-order valence-electron chi connectivity index (χ1n) is 3.32. The van der Waals surface area contributed by atoms with Crippen molar-refractivity contribution in [1.82, 2.24) is 0 Å². The van der Waals surface area contributed by atoms with Gasteiger partial charge in [0.2, 0.25) is 6.08 Å². The zero-order valence-corrected chi connectivity index (χ0v) is 7.94. The standard InChI is InChI=1S/C8H4BrF2NO/c9-6-1-5(3-12-4-13)7(10)2-8(6)11/h1-2H,3H2. The second-order valence-electron chi connectivity index (χ2n) is 2.27. The van der Waals surface area contributed by atoms with E-state index in [2.05, 4.69) is 20.9 Å². The van der Waals surface area contributed by atoms with E-state index >= 15 is 0 Å². The van der Waals surface area contributed by atoms with Crippen molar-refractivity contribution in [3.63, 3.8) is 0 Å². The lowest BCUT2D eigenvalue weighted by Crippen LogP contribution is -1.91. The molecule has 0 amide bonds. The molecule has 0 aliphatic carbocycles. The van der Waals surface area contributed by atoms with Crippen LogP contribution in [0.2, 0.25) is 0 Å². The van der Waals surface area contributed by atoms with Crippen LogP contribution >= 0.6 is 15.9 Å². The van der Waals surface area contributed by atoms with Gasteiger partial charge in [0, 0.05) is 11.6 Å². The Kier molecular flexibility index (Phi) is 3.28. The first kappa shape index (κ1) is 10.0. The number of hydrogen-bond acceptors (Lipinski definition) is 2. The number of carbonyl (C=O) groups excluding carboxylic acids is 1. The minimum atomic E-state index is -0.722. The summed E-state index contributed by atoms with van der Waals surface area (Å²) < 4.78 is 25.7. The third kappa shape index (κ3) is 2.44. The molecule has 1 aromatic carbocycles. The van der Waals surface area contributed by atoms with E-state index in [-0.39, 0.29) is 16.6 Å². The topological polar surface area (TPSA) is 29.4 Å². The van der Waals surface area contributed by atoms with Crippen molar-refractivity contribution in [2.75, 3.05) is 0 Å². The summed E-state index contributed by atoms with van der Waals surface area (Å²) in [6.07, 6.45) is 1.28. The monoisotopic (exact) mass is 247 g/mol. The molecule has 1 rings (SSSR count). The van der Waals surface area contributed by atoms with Crippen molar-refractivity contribution in [2.45, 2.75) is 6.54 Å². The number of nitrogens with zero attached hydrogens (tertiary/aromatic N) is 1. The van der Waals surface area contributed by atoms with Gasteiger partial charge in [-0.2, -0.15) is 0 Å². The van der Waals surface area contributed by atoms with Crippen molar-refractivity contribution in [1.29, 1.82) is 0 Å². The quantitative estimate of drug-likeness (QED) is 0.449. The van der Waals surface area contributed by atoms with Crippen molar-refractivity contribution in [2.24, 2.45) is 4.99 Å². The summed E-state index contributed by atoms with van der Waals surface area (Å²) in [5, 5.41) is 0. The molecule has 1 aromatic rings. The normalized spacial score (nSPS) is 9.46. The van der Waals surface area contributed by atoms with E-state index in [1.807, 2.05) is 0 Å². The predicted octanol–water partition coefficient (Wildman–Crippen LogP) is 2.56. The Morgan fingerprint density at radius 1 is 1.38 bits per heavy atom. The summed E-state index contributed by atoms with van der Waals surface area (Å²) in [7, 11) is 0. The van der Waals surface area contributed by atoms with Crippen LogP contribution in [-0.4, -0.2) is 6.08 Å². The van der Waals surface area contributed by atoms with Gasteiger partial charge in [-0.15, -0.1) is 0 Å². The number of hydrogen-bond donors (Lipinski definition) is 0. The number of halogens is 3. The van der Waals surface area contributed by atoms with Crippen molar-refractivity contribution in [3.8, 4) is 0 Å². The number of aliphatic imine (C=N–C) groups is 1. The second-order valence-corrected chi connectivity index (χ2v) is 3.12. The Hall–Kier alpha value is -1.06. The molecule has 0 fully saturated rings. The molecule has 0 bridgehead atoms. The van der Waals surface area contributed by atoms with E-state index < -0.39 is 11.6 Å². The molecule has 68 valence electrons. The van der Waals surface area contributed by atoms with Crippen LogP contribution in [0, 0.1) is 11.6 Å². The third-order valence-corrected chi connectivity index (χ3v) is 2.01. The molecular weight excluding hydrogens is 244 g/mol. The second kappa shape index (κ2) is 4.25. The van der Waals surface area contributed by atoms with E-state index in [0.29, 0.717) is 0 Å². The average molecular weight is 248 g/mol. The van der Waals surface area contributed by atoms with Gasteiger partial charge in [0.05, 0.1) is 11.0 Å². The van der Waals surface area contributed by atoms with Crippen LogP contribution in [0.3, 0.4) is 0 Å². The number of isocyanates is 1. The predicted molar refractivity (Wildman–Crippen MR) is 45.9 cm³/mol. The number of rotatable bonds is 2. The SMILES string of the molecule is O=C=NCc1cc(Br)c(F)cc1F. The lowest BCUT2D eigenvalue weighted by atomic mass is 10.2. The highest BCUT2D eigenvalue weighted by Gasteiger charge is 2.07. The summed E-state index contributed by atoms with van der Waals surface area (Å²) in [5.74, 6) is -1.41. The van der Waals surface area contributed by atoms with Gasteiger partial charge in [0.15, 0.2) is 0 Å². The van der Waals surface area contributed by atoms with Gasteiger partial charge >= 0.3 is 0 Å². The maximum absolute atomic E-state index is 12.9. The zero-order valence-electron chi connectivity index (χ0n) is 6.35. The molecule has 0 saturated carbocycles. The fourth-order valence-electron chi connectivity index (χ4n) is 0.802. The van der Waals surface area contributed by atoms with Crippen molar-refractivity contribution in [3.05, 3.63) is 33.8 Å². The van der Waals surface area contributed by atoms with Crippen LogP contribution in [0.15, 0.2) is 21.6 Å². The highest BCUT2D eigenvalue weighted by atomic mass is 79.9. The Balaban J connectivity index is 3.07. The Labute approximate surface area is 81.4 Å². The summed E-state index contributed by atoms with van der Waals surface area (Å²) >= 11 is 2.89. The van der Waals surface area contributed by atoms with Gasteiger partial charge < -0.3 is 0 Å². The molecule has 0 radical (unpaired) electrons. The summed E-state index contributed by atoms with van der Waals surface area (Å²) in [6.45, 7) is -0.131. The van der Waals surface area contributed by atoms with Crippen molar-refractivity contribution < 1.29 is 13.6 Å².